The molecule has 7 nitrogen and oxygen atoms in total. The standard InChI is InChI=1S/C22H36N4O3/c1-23-22(24-9-4-13-28-18-19-7-8-19)25-17-20-5-2-3-6-21(20)29-16-12-26-10-14-27-15-11-26/h2-3,5-6,19H,4,7-18H2,1H3,(H2,23,24,25). The van der Waals surface area contributed by atoms with Crippen LogP contribution in [0.5, 0.6) is 5.75 Å². The van der Waals surface area contributed by atoms with Crippen molar-refractivity contribution in [3.63, 3.8) is 0 Å². The smallest absolute Gasteiger partial charge is 0.191 e. The molecule has 1 aliphatic carbocycles. The van der Waals surface area contributed by atoms with E-state index < -0.39 is 0 Å². The number of guanidine groups is 1. The molecular weight excluding hydrogens is 368 g/mol. The third-order valence-corrected chi connectivity index (χ3v) is 5.22. The molecule has 0 aromatic heterocycles. The van der Waals surface area contributed by atoms with Crippen LogP contribution in [0.2, 0.25) is 0 Å². The maximum absolute atomic E-state index is 6.06. The summed E-state index contributed by atoms with van der Waals surface area (Å²) in [5.74, 6) is 2.56. The summed E-state index contributed by atoms with van der Waals surface area (Å²) in [7, 11) is 1.80. The summed E-state index contributed by atoms with van der Waals surface area (Å²) >= 11 is 0. The Morgan fingerprint density at radius 3 is 2.79 bits per heavy atom. The maximum atomic E-state index is 6.06. The molecule has 0 bridgehead atoms. The van der Waals surface area contributed by atoms with Gasteiger partial charge in [0, 0.05) is 58.5 Å². The highest BCUT2D eigenvalue weighted by molar-refractivity contribution is 5.79. The molecule has 162 valence electrons. The first-order chi connectivity index (χ1) is 14.3. The van der Waals surface area contributed by atoms with Crippen molar-refractivity contribution in [2.24, 2.45) is 10.9 Å². The van der Waals surface area contributed by atoms with Gasteiger partial charge in [-0.1, -0.05) is 18.2 Å². The fraction of sp³-hybridized carbons (Fsp3) is 0.682. The van der Waals surface area contributed by atoms with Crippen LogP contribution in [-0.4, -0.2) is 77.1 Å². The van der Waals surface area contributed by atoms with Gasteiger partial charge in [-0.2, -0.15) is 0 Å². The molecule has 1 aromatic carbocycles. The summed E-state index contributed by atoms with van der Waals surface area (Å²) < 4.78 is 17.1. The first-order valence-electron chi connectivity index (χ1n) is 10.9. The van der Waals surface area contributed by atoms with E-state index in [2.05, 4.69) is 26.6 Å². The van der Waals surface area contributed by atoms with Crippen LogP contribution >= 0.6 is 0 Å². The minimum Gasteiger partial charge on any atom is -0.492 e. The van der Waals surface area contributed by atoms with Gasteiger partial charge >= 0.3 is 0 Å². The number of aliphatic imine (C=N–C) groups is 1. The van der Waals surface area contributed by atoms with Gasteiger partial charge in [0.15, 0.2) is 5.96 Å². The first-order valence-corrected chi connectivity index (χ1v) is 10.9. The van der Waals surface area contributed by atoms with E-state index in [0.717, 1.165) is 82.2 Å². The molecule has 2 aliphatic rings. The third-order valence-electron chi connectivity index (χ3n) is 5.22. The summed E-state index contributed by atoms with van der Waals surface area (Å²) in [5, 5.41) is 6.72. The van der Waals surface area contributed by atoms with Crippen LogP contribution in [-0.2, 0) is 16.0 Å². The lowest BCUT2D eigenvalue weighted by Gasteiger charge is -2.26. The number of para-hydroxylation sites is 1. The zero-order valence-corrected chi connectivity index (χ0v) is 17.7. The maximum Gasteiger partial charge on any atom is 0.191 e. The molecule has 2 fully saturated rings. The fourth-order valence-electron chi connectivity index (χ4n) is 3.22. The highest BCUT2D eigenvalue weighted by atomic mass is 16.5. The summed E-state index contributed by atoms with van der Waals surface area (Å²) in [4.78, 5) is 6.69. The van der Waals surface area contributed by atoms with Gasteiger partial charge in [0.1, 0.15) is 12.4 Å². The fourth-order valence-corrected chi connectivity index (χ4v) is 3.22. The quantitative estimate of drug-likeness (QED) is 0.315. The van der Waals surface area contributed by atoms with Gasteiger partial charge in [0.25, 0.3) is 0 Å². The number of rotatable bonds is 12. The molecular formula is C22H36N4O3. The van der Waals surface area contributed by atoms with E-state index >= 15 is 0 Å². The molecule has 0 amide bonds. The van der Waals surface area contributed by atoms with Gasteiger partial charge in [-0.3, -0.25) is 9.89 Å². The van der Waals surface area contributed by atoms with Crippen LogP contribution in [0.4, 0.5) is 0 Å². The Balaban J connectivity index is 1.33. The lowest BCUT2D eigenvalue weighted by molar-refractivity contribution is 0.0322. The first kappa shape index (κ1) is 21.9. The average molecular weight is 405 g/mol. The molecule has 3 rings (SSSR count). The SMILES string of the molecule is CN=C(NCCCOCC1CC1)NCc1ccccc1OCCN1CCOCC1. The average Bonchev–Trinajstić information content (AvgIpc) is 3.59. The third kappa shape index (κ3) is 8.60. The van der Waals surface area contributed by atoms with E-state index in [1.807, 2.05) is 18.2 Å². The summed E-state index contributed by atoms with van der Waals surface area (Å²) in [6.45, 7) is 8.48. The second-order valence-corrected chi connectivity index (χ2v) is 7.63. The highest BCUT2D eigenvalue weighted by Crippen LogP contribution is 2.28. The zero-order chi connectivity index (χ0) is 20.2. The van der Waals surface area contributed by atoms with Gasteiger partial charge in [0.2, 0.25) is 0 Å². The summed E-state index contributed by atoms with van der Waals surface area (Å²) in [6.07, 6.45) is 3.66. The van der Waals surface area contributed by atoms with Crippen molar-refractivity contribution >= 4 is 5.96 Å². The van der Waals surface area contributed by atoms with Crippen LogP contribution in [0.25, 0.3) is 0 Å². The van der Waals surface area contributed by atoms with Crippen LogP contribution in [0, 0.1) is 5.92 Å². The van der Waals surface area contributed by atoms with E-state index in [-0.39, 0.29) is 0 Å². The molecule has 0 spiro atoms. The van der Waals surface area contributed by atoms with E-state index in [0.29, 0.717) is 13.2 Å². The van der Waals surface area contributed by atoms with E-state index in [4.69, 9.17) is 14.2 Å². The Hall–Kier alpha value is -1.83. The van der Waals surface area contributed by atoms with Crippen LogP contribution in [0.3, 0.4) is 0 Å². The zero-order valence-electron chi connectivity index (χ0n) is 17.7. The summed E-state index contributed by atoms with van der Waals surface area (Å²) in [6, 6.07) is 8.18. The number of hydrogen-bond donors (Lipinski definition) is 2. The normalized spacial score (nSPS) is 17.9. The van der Waals surface area contributed by atoms with Gasteiger partial charge in [-0.15, -0.1) is 0 Å². The Morgan fingerprint density at radius 1 is 1.17 bits per heavy atom. The molecule has 2 N–H and O–H groups in total. The Bertz CT molecular complexity index is 616. The number of morpholine rings is 1. The molecule has 1 saturated heterocycles. The molecule has 0 atom stereocenters. The predicted octanol–water partition coefficient (Wildman–Crippen LogP) is 1.88. The van der Waals surface area contributed by atoms with Crippen molar-refractivity contribution in [1.82, 2.24) is 15.5 Å². The molecule has 1 aromatic rings. The molecule has 1 aliphatic heterocycles. The van der Waals surface area contributed by atoms with E-state index in [1.54, 1.807) is 7.05 Å². The second kappa shape index (κ2) is 12.7. The van der Waals surface area contributed by atoms with E-state index in [1.165, 1.54) is 12.8 Å². The number of benzene rings is 1. The minimum atomic E-state index is 0.672. The lowest BCUT2D eigenvalue weighted by atomic mass is 10.2. The van der Waals surface area contributed by atoms with Gasteiger partial charge < -0.3 is 24.8 Å². The number of ether oxygens (including phenoxy) is 3. The highest BCUT2D eigenvalue weighted by Gasteiger charge is 2.20. The van der Waals surface area contributed by atoms with Gasteiger partial charge in [-0.05, 0) is 31.2 Å². The van der Waals surface area contributed by atoms with Crippen LogP contribution in [0.15, 0.2) is 29.3 Å². The summed E-state index contributed by atoms with van der Waals surface area (Å²) in [5.41, 5.74) is 1.13. The minimum absolute atomic E-state index is 0.672. The largest absolute Gasteiger partial charge is 0.492 e. The number of hydrogen-bond acceptors (Lipinski definition) is 5. The number of nitrogens with zero attached hydrogens (tertiary/aromatic N) is 2. The van der Waals surface area contributed by atoms with Crippen molar-refractivity contribution in [3.05, 3.63) is 29.8 Å². The topological polar surface area (TPSA) is 67.4 Å². The molecule has 1 heterocycles. The lowest BCUT2D eigenvalue weighted by Crippen LogP contribution is -2.39. The Morgan fingerprint density at radius 2 is 2.00 bits per heavy atom. The van der Waals surface area contributed by atoms with Crippen LogP contribution < -0.4 is 15.4 Å². The van der Waals surface area contributed by atoms with Crippen molar-refractivity contribution < 1.29 is 14.2 Å². The predicted molar refractivity (Wildman–Crippen MR) is 116 cm³/mol. The molecule has 29 heavy (non-hydrogen) atoms. The van der Waals surface area contributed by atoms with Gasteiger partial charge in [-0.25, -0.2) is 0 Å². The monoisotopic (exact) mass is 404 g/mol. The Labute approximate surface area is 174 Å². The molecule has 0 unspecified atom stereocenters. The van der Waals surface area contributed by atoms with Crippen molar-refractivity contribution in [1.29, 1.82) is 0 Å². The van der Waals surface area contributed by atoms with Crippen molar-refractivity contribution in [2.45, 2.75) is 25.8 Å². The molecule has 1 saturated carbocycles. The van der Waals surface area contributed by atoms with Gasteiger partial charge in [0.05, 0.1) is 13.2 Å². The van der Waals surface area contributed by atoms with Crippen molar-refractivity contribution in [3.8, 4) is 5.75 Å². The Kier molecular flexibility index (Phi) is 9.56. The number of nitrogens with one attached hydrogen (secondary N) is 2. The van der Waals surface area contributed by atoms with E-state index in [9.17, 15) is 0 Å². The second-order valence-electron chi connectivity index (χ2n) is 7.63. The van der Waals surface area contributed by atoms with Crippen LogP contribution in [0.1, 0.15) is 24.8 Å². The molecule has 0 radical (unpaired) electrons. The van der Waals surface area contributed by atoms with Crippen molar-refractivity contribution in [2.75, 3.05) is 66.3 Å². The molecule has 7 heteroatoms.